The number of aromatic nitrogens is 5. The third-order valence-electron chi connectivity index (χ3n) is 5.36. The molecule has 3 aromatic rings. The number of carbonyl (C=O) groups is 2. The van der Waals surface area contributed by atoms with Crippen molar-refractivity contribution in [2.24, 2.45) is 0 Å². The SMILES string of the molecule is CCNc1ncc2c(n1)N(C)CCN(c1cccc(-n3cc(CNC(=O)OC(C)(C)C)nn3)c1)C2=O. The second-order valence-corrected chi connectivity index (χ2v) is 9.37. The van der Waals surface area contributed by atoms with Crippen LogP contribution in [0.1, 0.15) is 43.7 Å². The van der Waals surface area contributed by atoms with Gasteiger partial charge in [-0.05, 0) is 45.9 Å². The summed E-state index contributed by atoms with van der Waals surface area (Å²) in [6, 6.07) is 7.48. The Kier molecular flexibility index (Phi) is 7.04. The second kappa shape index (κ2) is 10.2. The van der Waals surface area contributed by atoms with Gasteiger partial charge in [-0.2, -0.15) is 4.98 Å². The molecule has 0 aliphatic carbocycles. The number of rotatable bonds is 6. The smallest absolute Gasteiger partial charge is 0.407 e. The minimum absolute atomic E-state index is 0.171. The molecule has 0 bridgehead atoms. The number of anilines is 3. The number of hydrogen-bond acceptors (Lipinski definition) is 9. The zero-order valence-corrected chi connectivity index (χ0v) is 21.1. The van der Waals surface area contributed by atoms with E-state index in [2.05, 4.69) is 30.9 Å². The van der Waals surface area contributed by atoms with Crippen LogP contribution in [-0.4, -0.2) is 69.2 Å². The molecule has 3 heterocycles. The second-order valence-electron chi connectivity index (χ2n) is 9.37. The van der Waals surface area contributed by atoms with E-state index in [0.29, 0.717) is 42.7 Å². The normalized spacial score (nSPS) is 13.8. The fourth-order valence-electron chi connectivity index (χ4n) is 3.69. The van der Waals surface area contributed by atoms with Crippen LogP contribution in [0.5, 0.6) is 0 Å². The van der Waals surface area contributed by atoms with Gasteiger partial charge in [0.05, 0.1) is 18.4 Å². The van der Waals surface area contributed by atoms with E-state index in [1.165, 1.54) is 0 Å². The van der Waals surface area contributed by atoms with Crippen molar-refractivity contribution < 1.29 is 14.3 Å². The van der Waals surface area contributed by atoms with Crippen LogP contribution in [0.15, 0.2) is 36.7 Å². The van der Waals surface area contributed by atoms with E-state index in [1.807, 2.05) is 43.1 Å². The van der Waals surface area contributed by atoms with Gasteiger partial charge >= 0.3 is 6.09 Å². The minimum atomic E-state index is -0.580. The fraction of sp³-hybridized carbons (Fsp3) is 0.417. The zero-order valence-electron chi connectivity index (χ0n) is 21.1. The van der Waals surface area contributed by atoms with Crippen molar-refractivity contribution >= 4 is 29.5 Å². The summed E-state index contributed by atoms with van der Waals surface area (Å²) in [5.41, 5.74) is 1.88. The molecule has 2 aromatic heterocycles. The van der Waals surface area contributed by atoms with Gasteiger partial charge in [-0.15, -0.1) is 5.10 Å². The maximum Gasteiger partial charge on any atom is 0.407 e. The van der Waals surface area contributed by atoms with Gasteiger partial charge in [-0.1, -0.05) is 11.3 Å². The Morgan fingerprint density at radius 1 is 1.19 bits per heavy atom. The number of nitrogens with one attached hydrogen (secondary N) is 2. The molecule has 2 amide bonds. The summed E-state index contributed by atoms with van der Waals surface area (Å²) in [5.74, 6) is 0.924. The lowest BCUT2D eigenvalue weighted by molar-refractivity contribution is 0.0522. The number of benzene rings is 1. The van der Waals surface area contributed by atoms with Gasteiger partial charge in [0.1, 0.15) is 22.7 Å². The van der Waals surface area contributed by atoms with E-state index in [4.69, 9.17) is 4.74 Å². The molecule has 190 valence electrons. The summed E-state index contributed by atoms with van der Waals surface area (Å²) in [6.45, 7) is 9.33. The molecule has 12 heteroatoms. The molecule has 0 saturated heterocycles. The lowest BCUT2D eigenvalue weighted by Crippen LogP contribution is -2.33. The van der Waals surface area contributed by atoms with Crippen LogP contribution in [0.4, 0.5) is 22.2 Å². The average Bonchev–Trinajstić information content (AvgIpc) is 3.27. The highest BCUT2D eigenvalue weighted by Gasteiger charge is 2.28. The van der Waals surface area contributed by atoms with Crippen molar-refractivity contribution in [3.8, 4) is 5.69 Å². The zero-order chi connectivity index (χ0) is 25.9. The Bertz CT molecular complexity index is 1250. The third kappa shape index (κ3) is 5.70. The Morgan fingerprint density at radius 2 is 1.97 bits per heavy atom. The van der Waals surface area contributed by atoms with Crippen molar-refractivity contribution in [1.29, 1.82) is 0 Å². The quantitative estimate of drug-likeness (QED) is 0.532. The topological polar surface area (TPSA) is 130 Å². The average molecular weight is 494 g/mol. The van der Waals surface area contributed by atoms with Gasteiger partial charge < -0.3 is 25.2 Å². The highest BCUT2D eigenvalue weighted by molar-refractivity contribution is 6.09. The molecule has 0 radical (unpaired) electrons. The maximum atomic E-state index is 13.5. The maximum absolute atomic E-state index is 13.5. The Hall–Kier alpha value is -4.22. The molecular weight excluding hydrogens is 462 g/mol. The number of nitrogens with zero attached hydrogens (tertiary/aromatic N) is 7. The van der Waals surface area contributed by atoms with Gasteiger partial charge in [0.25, 0.3) is 5.91 Å². The molecule has 1 aromatic carbocycles. The van der Waals surface area contributed by atoms with Gasteiger partial charge in [0.15, 0.2) is 0 Å². The Labute approximate surface area is 209 Å². The first-order valence-corrected chi connectivity index (χ1v) is 11.8. The third-order valence-corrected chi connectivity index (χ3v) is 5.36. The van der Waals surface area contributed by atoms with Crippen LogP contribution >= 0.6 is 0 Å². The fourth-order valence-corrected chi connectivity index (χ4v) is 3.69. The molecule has 0 fully saturated rings. The van der Waals surface area contributed by atoms with Crippen molar-refractivity contribution in [1.82, 2.24) is 30.3 Å². The summed E-state index contributed by atoms with van der Waals surface area (Å²) >= 11 is 0. The molecule has 36 heavy (non-hydrogen) atoms. The lowest BCUT2D eigenvalue weighted by atomic mass is 10.2. The number of amides is 2. The number of ether oxygens (including phenoxy) is 1. The summed E-state index contributed by atoms with van der Waals surface area (Å²) < 4.78 is 6.85. The number of hydrogen-bond donors (Lipinski definition) is 2. The van der Waals surface area contributed by atoms with E-state index in [0.717, 1.165) is 11.4 Å². The number of carbonyl (C=O) groups excluding carboxylic acids is 2. The van der Waals surface area contributed by atoms with Crippen LogP contribution in [0.3, 0.4) is 0 Å². The summed E-state index contributed by atoms with van der Waals surface area (Å²) in [7, 11) is 1.91. The molecule has 0 atom stereocenters. The van der Waals surface area contributed by atoms with Crippen molar-refractivity contribution in [2.75, 3.05) is 41.8 Å². The number of fused-ring (bicyclic) bond motifs is 1. The summed E-state index contributed by atoms with van der Waals surface area (Å²) in [6.07, 6.45) is 2.77. The van der Waals surface area contributed by atoms with E-state index in [9.17, 15) is 9.59 Å². The molecule has 2 N–H and O–H groups in total. The molecule has 1 aliphatic heterocycles. The summed E-state index contributed by atoms with van der Waals surface area (Å²) in [5, 5.41) is 14.1. The predicted molar refractivity (Wildman–Crippen MR) is 136 cm³/mol. The first-order chi connectivity index (χ1) is 17.1. The van der Waals surface area contributed by atoms with E-state index >= 15 is 0 Å². The number of likely N-dealkylation sites (N-methyl/N-ethyl adjacent to an activating group) is 1. The standard InChI is InChI=1S/C24H31N9O3/c1-6-25-22-26-14-19-20(28-22)31(5)10-11-32(21(19)34)17-8-7-9-18(12-17)33-15-16(29-30-33)13-27-23(35)36-24(2,3)4/h7-9,12,14-15H,6,10-11,13H2,1-5H3,(H,27,35)(H,25,26,28). The van der Waals surface area contributed by atoms with Crippen molar-refractivity contribution in [3.05, 3.63) is 47.9 Å². The van der Waals surface area contributed by atoms with Crippen molar-refractivity contribution in [2.45, 2.75) is 39.8 Å². The van der Waals surface area contributed by atoms with Gasteiger partial charge in [-0.25, -0.2) is 14.5 Å². The first kappa shape index (κ1) is 24.9. The molecule has 4 rings (SSSR count). The molecule has 12 nitrogen and oxygen atoms in total. The minimum Gasteiger partial charge on any atom is -0.444 e. The first-order valence-electron chi connectivity index (χ1n) is 11.8. The molecule has 0 unspecified atom stereocenters. The Morgan fingerprint density at radius 3 is 2.72 bits per heavy atom. The van der Waals surface area contributed by atoms with Crippen LogP contribution in [0, 0.1) is 0 Å². The van der Waals surface area contributed by atoms with E-state index in [1.54, 1.807) is 42.7 Å². The van der Waals surface area contributed by atoms with Gasteiger partial charge in [-0.3, -0.25) is 4.79 Å². The van der Waals surface area contributed by atoms with Crippen LogP contribution in [0.25, 0.3) is 5.69 Å². The monoisotopic (exact) mass is 493 g/mol. The largest absolute Gasteiger partial charge is 0.444 e. The van der Waals surface area contributed by atoms with Crippen LogP contribution in [-0.2, 0) is 11.3 Å². The van der Waals surface area contributed by atoms with Gasteiger partial charge in [0.2, 0.25) is 5.95 Å². The lowest BCUT2D eigenvalue weighted by Gasteiger charge is -2.21. The predicted octanol–water partition coefficient (Wildman–Crippen LogP) is 2.61. The summed E-state index contributed by atoms with van der Waals surface area (Å²) in [4.78, 5) is 37.9. The van der Waals surface area contributed by atoms with Crippen LogP contribution in [0.2, 0.25) is 0 Å². The van der Waals surface area contributed by atoms with E-state index in [-0.39, 0.29) is 12.5 Å². The number of alkyl carbamates (subject to hydrolysis) is 1. The highest BCUT2D eigenvalue weighted by atomic mass is 16.6. The van der Waals surface area contributed by atoms with Crippen molar-refractivity contribution in [3.63, 3.8) is 0 Å². The molecule has 1 aliphatic rings. The highest BCUT2D eigenvalue weighted by Crippen LogP contribution is 2.27. The van der Waals surface area contributed by atoms with E-state index < -0.39 is 11.7 Å². The molecule has 0 saturated carbocycles. The van der Waals surface area contributed by atoms with Gasteiger partial charge in [0, 0.05) is 38.6 Å². The molecular formula is C24H31N9O3. The molecule has 0 spiro atoms. The Balaban J connectivity index is 1.52. The van der Waals surface area contributed by atoms with Crippen LogP contribution < -0.4 is 20.4 Å².